The summed E-state index contributed by atoms with van der Waals surface area (Å²) < 4.78 is 29.2. The molecule has 1 aliphatic rings. The van der Waals surface area contributed by atoms with Gasteiger partial charge in [-0.2, -0.15) is 11.8 Å². The van der Waals surface area contributed by atoms with Crippen LogP contribution in [-0.4, -0.2) is 68.8 Å². The highest BCUT2D eigenvalue weighted by Gasteiger charge is 2.33. The van der Waals surface area contributed by atoms with Gasteiger partial charge in [0.15, 0.2) is 9.84 Å². The molecule has 1 rings (SSSR count). The zero-order chi connectivity index (χ0) is 12.9. The largest absolute Gasteiger partial charge is 0.379 e. The standard InChI is InChI=1S/C10H22N2O3S2/c1-3-17(13,14)10-8-16-5-4-12(10)7-9(6-11)15-2/h9-10H,3-8,11H2,1-2H3. The smallest absolute Gasteiger partial charge is 0.166 e. The molecule has 7 heteroatoms. The monoisotopic (exact) mass is 282 g/mol. The first kappa shape index (κ1) is 15.2. The molecule has 2 unspecified atom stereocenters. The second-order valence-corrected chi connectivity index (χ2v) is 7.67. The third kappa shape index (κ3) is 4.10. The van der Waals surface area contributed by atoms with Crippen molar-refractivity contribution in [2.75, 3.05) is 44.0 Å². The third-order valence-corrected chi connectivity index (χ3v) is 6.37. The van der Waals surface area contributed by atoms with E-state index < -0.39 is 9.84 Å². The highest BCUT2D eigenvalue weighted by Crippen LogP contribution is 2.21. The molecule has 0 aromatic rings. The Morgan fingerprint density at radius 2 is 2.29 bits per heavy atom. The van der Waals surface area contributed by atoms with E-state index in [0.29, 0.717) is 18.8 Å². The zero-order valence-electron chi connectivity index (χ0n) is 10.5. The summed E-state index contributed by atoms with van der Waals surface area (Å²) >= 11 is 1.70. The fourth-order valence-electron chi connectivity index (χ4n) is 1.85. The summed E-state index contributed by atoms with van der Waals surface area (Å²) in [5.41, 5.74) is 5.58. The third-order valence-electron chi connectivity index (χ3n) is 3.04. The molecule has 0 radical (unpaired) electrons. The molecule has 0 aromatic carbocycles. The number of sulfone groups is 1. The topological polar surface area (TPSA) is 72.6 Å². The number of methoxy groups -OCH3 is 1. The number of nitrogens with two attached hydrogens (primary N) is 1. The Labute approximate surface area is 108 Å². The summed E-state index contributed by atoms with van der Waals surface area (Å²) in [4.78, 5) is 2.00. The van der Waals surface area contributed by atoms with E-state index in [0.717, 1.165) is 12.3 Å². The Kier molecular flexibility index (Phi) is 6.22. The average molecular weight is 282 g/mol. The van der Waals surface area contributed by atoms with E-state index in [1.807, 2.05) is 4.90 Å². The first-order valence-corrected chi connectivity index (χ1v) is 8.68. The van der Waals surface area contributed by atoms with Gasteiger partial charge in [0.05, 0.1) is 6.10 Å². The Hall–Kier alpha value is 0.180. The molecule has 0 aromatic heterocycles. The molecule has 0 saturated carbocycles. The van der Waals surface area contributed by atoms with Gasteiger partial charge in [0.2, 0.25) is 0 Å². The number of hydrogen-bond acceptors (Lipinski definition) is 6. The summed E-state index contributed by atoms with van der Waals surface area (Å²) in [5, 5.41) is -0.379. The lowest BCUT2D eigenvalue weighted by molar-refractivity contribution is 0.0686. The van der Waals surface area contributed by atoms with E-state index in [1.54, 1.807) is 25.8 Å². The average Bonchev–Trinajstić information content (AvgIpc) is 2.36. The van der Waals surface area contributed by atoms with Gasteiger partial charge in [-0.25, -0.2) is 8.42 Å². The van der Waals surface area contributed by atoms with Crippen LogP contribution in [0.25, 0.3) is 0 Å². The molecule has 0 amide bonds. The van der Waals surface area contributed by atoms with Gasteiger partial charge in [0, 0.05) is 44.0 Å². The maximum absolute atomic E-state index is 12.0. The Morgan fingerprint density at radius 1 is 1.59 bits per heavy atom. The van der Waals surface area contributed by atoms with Gasteiger partial charge in [-0.3, -0.25) is 4.90 Å². The number of hydrogen-bond donors (Lipinski definition) is 1. The molecule has 0 bridgehead atoms. The Morgan fingerprint density at radius 3 is 2.82 bits per heavy atom. The van der Waals surface area contributed by atoms with Crippen LogP contribution < -0.4 is 5.73 Å². The van der Waals surface area contributed by atoms with Crippen LogP contribution >= 0.6 is 11.8 Å². The minimum Gasteiger partial charge on any atom is -0.379 e. The second-order valence-electron chi connectivity index (χ2n) is 4.07. The first-order valence-electron chi connectivity index (χ1n) is 5.81. The van der Waals surface area contributed by atoms with Crippen molar-refractivity contribution in [3.8, 4) is 0 Å². The summed E-state index contributed by atoms with van der Waals surface area (Å²) in [6.45, 7) is 3.49. The van der Waals surface area contributed by atoms with E-state index in [1.165, 1.54) is 0 Å². The van der Waals surface area contributed by atoms with E-state index in [4.69, 9.17) is 10.5 Å². The van der Waals surface area contributed by atoms with Crippen molar-refractivity contribution in [1.29, 1.82) is 0 Å². The van der Waals surface area contributed by atoms with Gasteiger partial charge in [-0.05, 0) is 0 Å². The summed E-state index contributed by atoms with van der Waals surface area (Å²) in [7, 11) is -1.41. The van der Waals surface area contributed by atoms with Gasteiger partial charge < -0.3 is 10.5 Å². The van der Waals surface area contributed by atoms with Crippen LogP contribution in [0, 0.1) is 0 Å². The van der Waals surface area contributed by atoms with Crippen molar-refractivity contribution in [1.82, 2.24) is 4.90 Å². The lowest BCUT2D eigenvalue weighted by Crippen LogP contribution is -2.51. The fourth-order valence-corrected chi connectivity index (χ4v) is 4.95. The lowest BCUT2D eigenvalue weighted by atomic mass is 10.3. The highest BCUT2D eigenvalue weighted by molar-refractivity contribution is 8.01. The maximum Gasteiger partial charge on any atom is 0.166 e. The van der Waals surface area contributed by atoms with Gasteiger partial charge >= 0.3 is 0 Å². The quantitative estimate of drug-likeness (QED) is 0.725. The molecule has 17 heavy (non-hydrogen) atoms. The van der Waals surface area contributed by atoms with Crippen LogP contribution in [0.1, 0.15) is 6.92 Å². The molecule has 1 fully saturated rings. The number of ether oxygens (including phenoxy) is 1. The van der Waals surface area contributed by atoms with Crippen molar-refractivity contribution < 1.29 is 13.2 Å². The molecule has 2 atom stereocenters. The van der Waals surface area contributed by atoms with Crippen LogP contribution in [0.2, 0.25) is 0 Å². The SMILES string of the molecule is CCS(=O)(=O)C1CSCCN1CC(CN)OC. The summed E-state index contributed by atoms with van der Waals surface area (Å²) in [6.07, 6.45) is -0.0901. The van der Waals surface area contributed by atoms with E-state index in [-0.39, 0.29) is 17.2 Å². The normalized spacial score (nSPS) is 24.8. The molecule has 0 spiro atoms. The number of thioether (sulfide) groups is 1. The molecular formula is C10H22N2O3S2. The lowest BCUT2D eigenvalue weighted by Gasteiger charge is -2.36. The van der Waals surface area contributed by atoms with Gasteiger partial charge in [-0.15, -0.1) is 0 Å². The van der Waals surface area contributed by atoms with Crippen molar-refractivity contribution in [3.63, 3.8) is 0 Å². The molecular weight excluding hydrogens is 260 g/mol. The minimum absolute atomic E-state index is 0.0901. The molecule has 5 nitrogen and oxygen atoms in total. The van der Waals surface area contributed by atoms with Crippen LogP contribution in [0.5, 0.6) is 0 Å². The molecule has 102 valence electrons. The molecule has 1 saturated heterocycles. The predicted octanol–water partition coefficient (Wildman–Crippen LogP) is -0.230. The van der Waals surface area contributed by atoms with Crippen molar-refractivity contribution >= 4 is 21.6 Å². The molecule has 1 heterocycles. The zero-order valence-corrected chi connectivity index (χ0v) is 12.1. The highest BCUT2D eigenvalue weighted by atomic mass is 32.2. The Bertz CT molecular complexity index is 318. The minimum atomic E-state index is -3.02. The fraction of sp³-hybridized carbons (Fsp3) is 1.00. The van der Waals surface area contributed by atoms with E-state index >= 15 is 0 Å². The van der Waals surface area contributed by atoms with Crippen LogP contribution in [0.15, 0.2) is 0 Å². The number of nitrogens with zero attached hydrogens (tertiary/aromatic N) is 1. The predicted molar refractivity (Wildman–Crippen MR) is 72.0 cm³/mol. The molecule has 0 aliphatic carbocycles. The van der Waals surface area contributed by atoms with Crippen molar-refractivity contribution in [2.24, 2.45) is 5.73 Å². The summed E-state index contributed by atoms with van der Waals surface area (Å²) in [5.74, 6) is 1.81. The van der Waals surface area contributed by atoms with E-state index in [9.17, 15) is 8.42 Å². The van der Waals surface area contributed by atoms with Crippen molar-refractivity contribution in [2.45, 2.75) is 18.4 Å². The van der Waals surface area contributed by atoms with Gasteiger partial charge in [0.1, 0.15) is 5.37 Å². The van der Waals surface area contributed by atoms with Crippen LogP contribution in [0.3, 0.4) is 0 Å². The molecule has 1 aliphatic heterocycles. The maximum atomic E-state index is 12.0. The van der Waals surface area contributed by atoms with Crippen molar-refractivity contribution in [3.05, 3.63) is 0 Å². The molecule has 2 N–H and O–H groups in total. The Balaban J connectivity index is 2.72. The van der Waals surface area contributed by atoms with Crippen LogP contribution in [0.4, 0.5) is 0 Å². The number of rotatable bonds is 6. The first-order chi connectivity index (χ1) is 8.05. The second kappa shape index (κ2) is 6.94. The van der Waals surface area contributed by atoms with Crippen LogP contribution in [-0.2, 0) is 14.6 Å². The summed E-state index contributed by atoms with van der Waals surface area (Å²) in [6, 6.07) is 0. The van der Waals surface area contributed by atoms with Gasteiger partial charge in [-0.1, -0.05) is 6.92 Å². The van der Waals surface area contributed by atoms with E-state index in [2.05, 4.69) is 0 Å². The van der Waals surface area contributed by atoms with Gasteiger partial charge in [0.25, 0.3) is 0 Å².